The van der Waals surface area contributed by atoms with Crippen LogP contribution in [0, 0.1) is 0 Å². The van der Waals surface area contributed by atoms with Gasteiger partial charge in [0.1, 0.15) is 0 Å². The van der Waals surface area contributed by atoms with Crippen molar-refractivity contribution in [3.63, 3.8) is 0 Å². The van der Waals surface area contributed by atoms with Crippen molar-refractivity contribution >= 4 is 15.9 Å². The van der Waals surface area contributed by atoms with Gasteiger partial charge in [0.05, 0.1) is 0 Å². The summed E-state index contributed by atoms with van der Waals surface area (Å²) in [7, 11) is -0.983. The maximum absolute atomic E-state index is 9.78. The Hall–Kier alpha value is -0.353. The van der Waals surface area contributed by atoms with Crippen molar-refractivity contribution in [1.29, 1.82) is 0 Å². The lowest BCUT2D eigenvalue weighted by atomic mass is 10.9. The summed E-state index contributed by atoms with van der Waals surface area (Å²) in [5.41, 5.74) is 0. The van der Waals surface area contributed by atoms with E-state index in [0.29, 0.717) is 0 Å². The van der Waals surface area contributed by atoms with Crippen LogP contribution >= 0.6 is 0 Å². The van der Waals surface area contributed by atoms with Crippen molar-refractivity contribution in [2.75, 3.05) is 0 Å². The van der Waals surface area contributed by atoms with Gasteiger partial charge in [-0.1, -0.05) is 0 Å². The summed E-state index contributed by atoms with van der Waals surface area (Å²) < 4.78 is 4.32. The number of hydrogen-bond donors (Lipinski definition) is 1. The number of nitrogens with two attached hydrogens (primary N) is 1. The van der Waals surface area contributed by atoms with Gasteiger partial charge in [-0.3, -0.25) is 4.79 Å². The molecule has 0 saturated heterocycles. The van der Waals surface area contributed by atoms with Crippen molar-refractivity contribution in [3.8, 4) is 0 Å². The summed E-state index contributed by atoms with van der Waals surface area (Å²) in [4.78, 5) is 9.78. The molecule has 3 nitrogen and oxygen atoms in total. The topological polar surface area (TPSA) is 52.3 Å². The third-order valence-electron chi connectivity index (χ3n) is 0.287. The van der Waals surface area contributed by atoms with E-state index in [4.69, 9.17) is 5.40 Å². The molecule has 0 amide bonds. The lowest BCUT2D eigenvalue weighted by molar-refractivity contribution is -0.131. The quantitative estimate of drug-likeness (QED) is 0.413. The molecule has 0 fully saturated rings. The van der Waals surface area contributed by atoms with E-state index in [9.17, 15) is 4.79 Å². The van der Waals surface area contributed by atoms with Gasteiger partial charge in [0.25, 0.3) is 15.9 Å². The van der Waals surface area contributed by atoms with Gasteiger partial charge in [0, 0.05) is 6.92 Å². The highest BCUT2D eigenvalue weighted by molar-refractivity contribution is 6.25. The normalized spacial score (nSPS) is 9.67. The Balaban J connectivity index is 2.83. The average Bonchev–Trinajstić information content (AvgIpc) is 1.35. The van der Waals surface area contributed by atoms with Gasteiger partial charge < -0.3 is 9.83 Å². The molecule has 0 unspecified atom stereocenters. The zero-order valence-electron chi connectivity index (χ0n) is 3.60. The molecule has 0 aliphatic rings. The van der Waals surface area contributed by atoms with Crippen LogP contribution in [0.25, 0.3) is 0 Å². The van der Waals surface area contributed by atoms with Crippen LogP contribution in [0.4, 0.5) is 0 Å². The van der Waals surface area contributed by atoms with Crippen LogP contribution in [-0.2, 0) is 9.22 Å². The molecule has 0 aromatic heterocycles. The lowest BCUT2D eigenvalue weighted by Crippen LogP contribution is -2.12. The fourth-order valence-electron chi connectivity index (χ4n) is 0.117. The zero-order chi connectivity index (χ0) is 4.99. The van der Waals surface area contributed by atoms with Crippen LogP contribution in [0.2, 0.25) is 0 Å². The molecule has 0 radical (unpaired) electrons. The Labute approximate surface area is 38.5 Å². The summed E-state index contributed by atoms with van der Waals surface area (Å²) in [6, 6.07) is 0. The van der Waals surface area contributed by atoms with Gasteiger partial charge in [-0.25, -0.2) is 0 Å². The highest BCUT2D eigenvalue weighted by atomic mass is 28.2. The highest BCUT2D eigenvalue weighted by Gasteiger charge is 1.82. The standard InChI is InChI=1S/C2H7NO2Si/c1-2(4)5-6-3/h3,6H2,1H3. The zero-order valence-corrected chi connectivity index (χ0v) is 5.02. The fraction of sp³-hybridized carbons (Fsp3) is 0.500. The lowest BCUT2D eigenvalue weighted by Gasteiger charge is -1.89. The van der Waals surface area contributed by atoms with E-state index in [-0.39, 0.29) is 5.97 Å². The predicted octanol–water partition coefficient (Wildman–Crippen LogP) is -1.49. The van der Waals surface area contributed by atoms with Gasteiger partial charge in [-0.05, 0) is 0 Å². The van der Waals surface area contributed by atoms with Gasteiger partial charge in [-0.15, -0.1) is 0 Å². The fourth-order valence-corrected chi connectivity index (χ4v) is 0.352. The Bertz CT molecular complexity index is 55.5. The predicted molar refractivity (Wildman–Crippen MR) is 24.5 cm³/mol. The summed E-state index contributed by atoms with van der Waals surface area (Å²) in [5.74, 6) is -0.274. The van der Waals surface area contributed by atoms with Crippen LogP contribution in [0.5, 0.6) is 0 Å². The first-order valence-electron chi connectivity index (χ1n) is 1.61. The second-order valence-electron chi connectivity index (χ2n) is 0.803. The number of carbonyl (C=O) groups is 1. The smallest absolute Gasteiger partial charge is 0.298 e. The largest absolute Gasteiger partial charge is 0.511 e. The number of hydrogen-bond acceptors (Lipinski definition) is 3. The van der Waals surface area contributed by atoms with E-state index >= 15 is 0 Å². The maximum atomic E-state index is 9.78. The van der Waals surface area contributed by atoms with Crippen LogP contribution < -0.4 is 5.40 Å². The molecule has 0 aliphatic heterocycles. The summed E-state index contributed by atoms with van der Waals surface area (Å²) in [6.07, 6.45) is 0. The molecule has 0 spiro atoms. The van der Waals surface area contributed by atoms with Crippen LogP contribution in [0.3, 0.4) is 0 Å². The first kappa shape index (κ1) is 5.65. The van der Waals surface area contributed by atoms with Crippen molar-refractivity contribution in [1.82, 2.24) is 0 Å². The number of carbonyl (C=O) groups excluding carboxylic acids is 1. The van der Waals surface area contributed by atoms with E-state index in [0.717, 1.165) is 0 Å². The second kappa shape index (κ2) is 2.86. The molecule has 2 N–H and O–H groups in total. The summed E-state index contributed by atoms with van der Waals surface area (Å²) in [6.45, 7) is 1.35. The van der Waals surface area contributed by atoms with E-state index in [1.807, 2.05) is 0 Å². The molecule has 0 bridgehead atoms. The Kier molecular flexibility index (Phi) is 2.69. The highest BCUT2D eigenvalue weighted by Crippen LogP contribution is 1.62. The second-order valence-corrected chi connectivity index (χ2v) is 1.42. The minimum atomic E-state index is -0.983. The summed E-state index contributed by atoms with van der Waals surface area (Å²) in [5, 5.41) is 4.93. The van der Waals surface area contributed by atoms with Gasteiger partial charge in [0.15, 0.2) is 0 Å². The molecule has 0 aliphatic carbocycles. The third kappa shape index (κ3) is 3.65. The molecular formula is C2H7NO2Si. The molecule has 36 valence electrons. The Morgan fingerprint density at radius 2 is 2.50 bits per heavy atom. The minimum absolute atomic E-state index is 0.274. The minimum Gasteiger partial charge on any atom is -0.511 e. The van der Waals surface area contributed by atoms with Crippen molar-refractivity contribution in [2.45, 2.75) is 6.92 Å². The molecule has 0 saturated carbocycles. The van der Waals surface area contributed by atoms with Crippen LogP contribution in [-0.4, -0.2) is 15.9 Å². The number of rotatable bonds is 1. The SMILES string of the molecule is CC(=O)O[SiH2]N. The first-order valence-corrected chi connectivity index (χ1v) is 3.00. The molecule has 0 atom stereocenters. The van der Waals surface area contributed by atoms with Crippen molar-refractivity contribution in [3.05, 3.63) is 0 Å². The molecular weight excluding hydrogens is 98.1 g/mol. The van der Waals surface area contributed by atoms with Gasteiger partial charge in [0.2, 0.25) is 0 Å². The monoisotopic (exact) mass is 105 g/mol. The molecule has 0 aromatic carbocycles. The third-order valence-corrected chi connectivity index (χ3v) is 0.860. The van der Waals surface area contributed by atoms with Crippen LogP contribution in [0.1, 0.15) is 6.92 Å². The van der Waals surface area contributed by atoms with E-state index < -0.39 is 9.92 Å². The van der Waals surface area contributed by atoms with Crippen LogP contribution in [0.15, 0.2) is 0 Å². The molecule has 0 rings (SSSR count). The van der Waals surface area contributed by atoms with Gasteiger partial charge >= 0.3 is 0 Å². The first-order chi connectivity index (χ1) is 2.77. The molecule has 0 aromatic rings. The van der Waals surface area contributed by atoms with Crippen molar-refractivity contribution < 1.29 is 9.22 Å². The van der Waals surface area contributed by atoms with Crippen molar-refractivity contribution in [2.24, 2.45) is 5.40 Å². The molecule has 4 heteroatoms. The Morgan fingerprint density at radius 3 is 2.50 bits per heavy atom. The molecule has 6 heavy (non-hydrogen) atoms. The maximum Gasteiger partial charge on any atom is 0.298 e. The van der Waals surface area contributed by atoms with Gasteiger partial charge in [-0.2, -0.15) is 0 Å². The Morgan fingerprint density at radius 1 is 2.00 bits per heavy atom. The van der Waals surface area contributed by atoms with E-state index in [1.54, 1.807) is 0 Å². The average molecular weight is 105 g/mol. The molecule has 0 heterocycles. The van der Waals surface area contributed by atoms with E-state index in [2.05, 4.69) is 4.43 Å². The summed E-state index contributed by atoms with van der Waals surface area (Å²) >= 11 is 0. The van der Waals surface area contributed by atoms with E-state index in [1.165, 1.54) is 6.92 Å².